The molecule has 0 aliphatic carbocycles. The van der Waals surface area contributed by atoms with Crippen molar-refractivity contribution in [2.75, 3.05) is 11.5 Å². The van der Waals surface area contributed by atoms with Crippen LogP contribution in [0, 0.1) is 0 Å². The van der Waals surface area contributed by atoms with Crippen molar-refractivity contribution in [2.45, 2.75) is 13.5 Å². The van der Waals surface area contributed by atoms with Crippen molar-refractivity contribution in [1.82, 2.24) is 9.97 Å². The molecule has 5 nitrogen and oxygen atoms in total. The normalized spacial score (nSPS) is 10.8. The summed E-state index contributed by atoms with van der Waals surface area (Å²) in [5, 5.41) is 1.11. The predicted octanol–water partition coefficient (Wildman–Crippen LogP) is 5.59. The van der Waals surface area contributed by atoms with Gasteiger partial charge in [-0.25, -0.2) is 4.98 Å². The summed E-state index contributed by atoms with van der Waals surface area (Å²) >= 11 is 7.55. The SMILES string of the molecule is CCOc1ccc2nc(N(Cc3ccccn3)C(=O)c3cccc(Cl)c3)sc2c1. The quantitative estimate of drug-likeness (QED) is 0.405. The lowest BCUT2D eigenvalue weighted by Gasteiger charge is -2.19. The molecule has 2 heterocycles. The van der Waals surface area contributed by atoms with Crippen molar-refractivity contribution in [3.05, 3.63) is 83.1 Å². The molecule has 0 aliphatic rings. The number of rotatable bonds is 6. The molecule has 2 aromatic carbocycles. The third kappa shape index (κ3) is 4.39. The molecule has 4 aromatic rings. The van der Waals surface area contributed by atoms with Gasteiger partial charge < -0.3 is 4.74 Å². The number of ether oxygens (including phenoxy) is 1. The summed E-state index contributed by atoms with van der Waals surface area (Å²) in [5.74, 6) is 0.606. The van der Waals surface area contributed by atoms with Gasteiger partial charge in [-0.2, -0.15) is 0 Å². The van der Waals surface area contributed by atoms with Gasteiger partial charge in [0.25, 0.3) is 5.91 Å². The van der Waals surface area contributed by atoms with E-state index in [-0.39, 0.29) is 5.91 Å². The standard InChI is InChI=1S/C22H18ClN3O2S/c1-2-28-18-9-10-19-20(13-18)29-22(25-19)26(14-17-8-3-4-11-24-17)21(27)15-6-5-7-16(23)12-15/h3-13H,2,14H2,1H3. The number of fused-ring (bicyclic) bond motifs is 1. The zero-order chi connectivity index (χ0) is 20.2. The lowest BCUT2D eigenvalue weighted by Crippen LogP contribution is -2.30. The number of benzene rings is 2. The van der Waals surface area contributed by atoms with Gasteiger partial charge in [0.05, 0.1) is 29.1 Å². The van der Waals surface area contributed by atoms with E-state index in [1.54, 1.807) is 35.4 Å². The number of aromatic nitrogens is 2. The summed E-state index contributed by atoms with van der Waals surface area (Å²) in [7, 11) is 0. The number of carbonyl (C=O) groups excluding carboxylic acids is 1. The van der Waals surface area contributed by atoms with E-state index < -0.39 is 0 Å². The highest BCUT2D eigenvalue weighted by Gasteiger charge is 2.22. The topological polar surface area (TPSA) is 55.3 Å². The highest BCUT2D eigenvalue weighted by molar-refractivity contribution is 7.22. The summed E-state index contributed by atoms with van der Waals surface area (Å²) in [6.45, 7) is 2.85. The number of nitrogens with zero attached hydrogens (tertiary/aromatic N) is 3. The molecule has 7 heteroatoms. The van der Waals surface area contributed by atoms with Crippen molar-refractivity contribution in [1.29, 1.82) is 0 Å². The van der Waals surface area contributed by atoms with E-state index in [1.165, 1.54) is 11.3 Å². The van der Waals surface area contributed by atoms with Crippen LogP contribution in [0.3, 0.4) is 0 Å². The number of anilines is 1. The Morgan fingerprint density at radius 2 is 2.03 bits per heavy atom. The molecule has 2 aromatic heterocycles. The summed E-state index contributed by atoms with van der Waals surface area (Å²) in [6, 6.07) is 18.3. The fourth-order valence-electron chi connectivity index (χ4n) is 2.92. The Morgan fingerprint density at radius 3 is 2.79 bits per heavy atom. The number of hydrogen-bond acceptors (Lipinski definition) is 5. The predicted molar refractivity (Wildman–Crippen MR) is 117 cm³/mol. The zero-order valence-electron chi connectivity index (χ0n) is 15.7. The van der Waals surface area contributed by atoms with Crippen LogP contribution in [0.1, 0.15) is 23.0 Å². The van der Waals surface area contributed by atoms with Gasteiger partial charge in [-0.3, -0.25) is 14.7 Å². The van der Waals surface area contributed by atoms with Gasteiger partial charge in [-0.15, -0.1) is 0 Å². The second-order valence-corrected chi connectivity index (χ2v) is 7.73. The largest absolute Gasteiger partial charge is 0.494 e. The van der Waals surface area contributed by atoms with Gasteiger partial charge in [0.1, 0.15) is 5.75 Å². The Kier molecular flexibility index (Phi) is 5.74. The van der Waals surface area contributed by atoms with E-state index >= 15 is 0 Å². The second-order valence-electron chi connectivity index (χ2n) is 6.28. The molecular formula is C22H18ClN3O2S. The molecule has 146 valence electrons. The van der Waals surface area contributed by atoms with E-state index in [1.807, 2.05) is 43.3 Å². The van der Waals surface area contributed by atoms with Gasteiger partial charge >= 0.3 is 0 Å². The molecule has 29 heavy (non-hydrogen) atoms. The van der Waals surface area contributed by atoms with E-state index in [0.29, 0.717) is 28.9 Å². The molecule has 0 radical (unpaired) electrons. The molecule has 0 fully saturated rings. The minimum Gasteiger partial charge on any atom is -0.494 e. The van der Waals surface area contributed by atoms with Gasteiger partial charge in [0.15, 0.2) is 5.13 Å². The maximum absolute atomic E-state index is 13.3. The Balaban J connectivity index is 1.75. The Bertz CT molecular complexity index is 1150. The highest BCUT2D eigenvalue weighted by Crippen LogP contribution is 2.33. The van der Waals surface area contributed by atoms with Crippen LogP contribution in [0.2, 0.25) is 5.02 Å². The molecule has 0 unspecified atom stereocenters. The number of hydrogen-bond donors (Lipinski definition) is 0. The third-order valence-electron chi connectivity index (χ3n) is 4.25. The molecule has 1 amide bonds. The average molecular weight is 424 g/mol. The number of pyridine rings is 1. The molecule has 4 rings (SSSR count). The molecule has 0 spiro atoms. The van der Waals surface area contributed by atoms with Gasteiger partial charge in [-0.05, 0) is 55.5 Å². The molecule has 0 saturated heterocycles. The first-order valence-corrected chi connectivity index (χ1v) is 10.3. The molecule has 0 bridgehead atoms. The van der Waals surface area contributed by atoms with E-state index in [9.17, 15) is 4.79 Å². The minimum absolute atomic E-state index is 0.178. The van der Waals surface area contributed by atoms with Crippen LogP contribution in [0.4, 0.5) is 5.13 Å². The van der Waals surface area contributed by atoms with Gasteiger partial charge in [0, 0.05) is 16.8 Å². The minimum atomic E-state index is -0.178. The van der Waals surface area contributed by atoms with E-state index in [2.05, 4.69) is 9.97 Å². The molecule has 0 N–H and O–H groups in total. The molecular weight excluding hydrogens is 406 g/mol. The fraction of sp³-hybridized carbons (Fsp3) is 0.136. The maximum Gasteiger partial charge on any atom is 0.260 e. The van der Waals surface area contributed by atoms with Crippen LogP contribution >= 0.6 is 22.9 Å². The van der Waals surface area contributed by atoms with Crippen LogP contribution in [-0.2, 0) is 6.54 Å². The van der Waals surface area contributed by atoms with Crippen LogP contribution in [-0.4, -0.2) is 22.5 Å². The first-order chi connectivity index (χ1) is 14.1. The smallest absolute Gasteiger partial charge is 0.260 e. The fourth-order valence-corrected chi connectivity index (χ4v) is 4.10. The van der Waals surface area contributed by atoms with Crippen molar-refractivity contribution in [3.63, 3.8) is 0 Å². The van der Waals surface area contributed by atoms with E-state index in [4.69, 9.17) is 16.3 Å². The van der Waals surface area contributed by atoms with Crippen LogP contribution in [0.25, 0.3) is 10.2 Å². The first kappa shape index (κ1) is 19.4. The summed E-state index contributed by atoms with van der Waals surface area (Å²) in [4.78, 5) is 24.0. The summed E-state index contributed by atoms with van der Waals surface area (Å²) in [6.07, 6.45) is 1.71. The van der Waals surface area contributed by atoms with Gasteiger partial charge in [-0.1, -0.05) is 35.1 Å². The monoisotopic (exact) mass is 423 g/mol. The Labute approximate surface area is 177 Å². The van der Waals surface area contributed by atoms with Crippen LogP contribution in [0.15, 0.2) is 66.9 Å². The van der Waals surface area contributed by atoms with Crippen molar-refractivity contribution < 1.29 is 9.53 Å². The number of thiazole rings is 1. The Morgan fingerprint density at radius 1 is 1.14 bits per heavy atom. The van der Waals surface area contributed by atoms with Crippen LogP contribution < -0.4 is 9.64 Å². The Hall–Kier alpha value is -2.96. The maximum atomic E-state index is 13.3. The third-order valence-corrected chi connectivity index (χ3v) is 5.53. The van der Waals surface area contributed by atoms with Crippen molar-refractivity contribution in [2.24, 2.45) is 0 Å². The summed E-state index contributed by atoms with van der Waals surface area (Å²) in [5.41, 5.74) is 2.10. The summed E-state index contributed by atoms with van der Waals surface area (Å²) < 4.78 is 6.54. The van der Waals surface area contributed by atoms with Crippen molar-refractivity contribution >= 4 is 44.2 Å². The number of halogens is 1. The lowest BCUT2D eigenvalue weighted by molar-refractivity contribution is 0.0985. The van der Waals surface area contributed by atoms with Crippen LogP contribution in [0.5, 0.6) is 5.75 Å². The average Bonchev–Trinajstić information content (AvgIpc) is 3.15. The van der Waals surface area contributed by atoms with Crippen molar-refractivity contribution in [3.8, 4) is 5.75 Å². The molecule has 0 saturated carbocycles. The highest BCUT2D eigenvalue weighted by atomic mass is 35.5. The lowest BCUT2D eigenvalue weighted by atomic mass is 10.2. The molecule has 0 atom stereocenters. The number of carbonyl (C=O) groups is 1. The number of amides is 1. The first-order valence-electron chi connectivity index (χ1n) is 9.15. The zero-order valence-corrected chi connectivity index (χ0v) is 17.3. The second kappa shape index (κ2) is 8.59. The van der Waals surface area contributed by atoms with E-state index in [0.717, 1.165) is 21.7 Å². The van der Waals surface area contributed by atoms with Gasteiger partial charge in [0.2, 0.25) is 0 Å². The molecule has 0 aliphatic heterocycles.